The average molecular weight is 407 g/mol. The van der Waals surface area contributed by atoms with E-state index in [1.54, 1.807) is 21.8 Å². The number of likely N-dealkylation sites (tertiary alicyclic amines) is 1. The number of aromatic nitrogens is 6. The van der Waals surface area contributed by atoms with Crippen LogP contribution in [-0.2, 0) is 17.5 Å². The first kappa shape index (κ1) is 19.3. The highest BCUT2D eigenvalue weighted by Crippen LogP contribution is 2.30. The summed E-state index contributed by atoms with van der Waals surface area (Å²) in [6, 6.07) is 3.52. The van der Waals surface area contributed by atoms with Crippen molar-refractivity contribution in [1.82, 2.24) is 34.3 Å². The predicted molar refractivity (Wildman–Crippen MR) is 95.9 cm³/mol. The van der Waals surface area contributed by atoms with E-state index in [9.17, 15) is 18.0 Å². The molecule has 0 aliphatic carbocycles. The lowest BCUT2D eigenvalue weighted by atomic mass is 9.94. The highest BCUT2D eigenvalue weighted by atomic mass is 19.4. The van der Waals surface area contributed by atoms with Gasteiger partial charge in [0.25, 0.3) is 11.6 Å². The lowest BCUT2D eigenvalue weighted by Crippen LogP contribution is -2.40. The SMILES string of the molecule is Cc1ccnn1CCC(=O)N1CCCC(c2ccnc3nc(C(F)(F)F)nn23)C1. The Hall–Kier alpha value is -2.98. The lowest BCUT2D eigenvalue weighted by Gasteiger charge is -2.33. The van der Waals surface area contributed by atoms with Crippen molar-refractivity contribution < 1.29 is 18.0 Å². The minimum absolute atomic E-state index is 0.00414. The zero-order valence-electron chi connectivity index (χ0n) is 15.8. The summed E-state index contributed by atoms with van der Waals surface area (Å²) in [5.74, 6) is -1.43. The predicted octanol–water partition coefficient (Wildman–Crippen LogP) is 2.44. The summed E-state index contributed by atoms with van der Waals surface area (Å²) >= 11 is 0. The maximum absolute atomic E-state index is 13.0. The van der Waals surface area contributed by atoms with Crippen LogP contribution in [0.4, 0.5) is 13.2 Å². The molecule has 1 fully saturated rings. The minimum Gasteiger partial charge on any atom is -0.342 e. The van der Waals surface area contributed by atoms with Crippen LogP contribution in [0.25, 0.3) is 5.78 Å². The summed E-state index contributed by atoms with van der Waals surface area (Å²) in [5, 5.41) is 7.79. The van der Waals surface area contributed by atoms with Crippen LogP contribution >= 0.6 is 0 Å². The van der Waals surface area contributed by atoms with E-state index in [4.69, 9.17) is 0 Å². The minimum atomic E-state index is -4.63. The van der Waals surface area contributed by atoms with Gasteiger partial charge in [0.2, 0.25) is 5.91 Å². The molecule has 3 aromatic heterocycles. The molecule has 4 heterocycles. The van der Waals surface area contributed by atoms with Gasteiger partial charge in [-0.2, -0.15) is 23.3 Å². The molecule has 11 heteroatoms. The third kappa shape index (κ3) is 3.94. The highest BCUT2D eigenvalue weighted by molar-refractivity contribution is 5.76. The molecule has 1 aliphatic rings. The third-order valence-electron chi connectivity index (χ3n) is 5.18. The van der Waals surface area contributed by atoms with Gasteiger partial charge in [0, 0.05) is 50.1 Å². The molecule has 3 aromatic rings. The molecule has 1 unspecified atom stereocenters. The molecule has 29 heavy (non-hydrogen) atoms. The van der Waals surface area contributed by atoms with Gasteiger partial charge in [0.15, 0.2) is 0 Å². The first-order valence-electron chi connectivity index (χ1n) is 9.38. The van der Waals surface area contributed by atoms with Crippen LogP contribution < -0.4 is 0 Å². The van der Waals surface area contributed by atoms with Gasteiger partial charge < -0.3 is 4.90 Å². The van der Waals surface area contributed by atoms with E-state index >= 15 is 0 Å². The second kappa shape index (κ2) is 7.45. The monoisotopic (exact) mass is 407 g/mol. The number of aryl methyl sites for hydroxylation is 2. The zero-order valence-corrected chi connectivity index (χ0v) is 15.8. The Bertz CT molecular complexity index is 1030. The Morgan fingerprint density at radius 1 is 1.28 bits per heavy atom. The average Bonchev–Trinajstić information content (AvgIpc) is 3.32. The molecule has 0 N–H and O–H groups in total. The summed E-state index contributed by atoms with van der Waals surface area (Å²) in [5.41, 5.74) is 1.57. The molecule has 8 nitrogen and oxygen atoms in total. The Morgan fingerprint density at radius 3 is 2.83 bits per heavy atom. The Morgan fingerprint density at radius 2 is 2.10 bits per heavy atom. The quantitative estimate of drug-likeness (QED) is 0.664. The first-order chi connectivity index (χ1) is 13.8. The normalized spacial score (nSPS) is 17.8. The maximum atomic E-state index is 13.0. The second-order valence-electron chi connectivity index (χ2n) is 7.14. The first-order valence-corrected chi connectivity index (χ1v) is 9.38. The molecule has 0 radical (unpaired) electrons. The second-order valence-corrected chi connectivity index (χ2v) is 7.14. The fourth-order valence-corrected chi connectivity index (χ4v) is 3.68. The molecule has 154 valence electrons. The topological polar surface area (TPSA) is 81.2 Å². The standard InChI is InChI=1S/C18H20F3N7O/c1-12-4-8-23-27(12)10-6-15(29)26-9-2-3-13(11-26)14-5-7-22-17-24-16(18(19,20)21)25-28(14)17/h4-5,7-8,13H,2-3,6,9-11H2,1H3. The summed E-state index contributed by atoms with van der Waals surface area (Å²) in [6.45, 7) is 3.48. The van der Waals surface area contributed by atoms with Crippen LogP contribution in [0.15, 0.2) is 24.5 Å². The van der Waals surface area contributed by atoms with Crippen molar-refractivity contribution in [2.75, 3.05) is 13.1 Å². The fraction of sp³-hybridized carbons (Fsp3) is 0.500. The summed E-state index contributed by atoms with van der Waals surface area (Å²) < 4.78 is 41.8. The van der Waals surface area contributed by atoms with Crippen molar-refractivity contribution in [1.29, 1.82) is 0 Å². The van der Waals surface area contributed by atoms with Gasteiger partial charge >= 0.3 is 6.18 Å². The van der Waals surface area contributed by atoms with Crippen LogP contribution in [0.1, 0.15) is 42.4 Å². The maximum Gasteiger partial charge on any atom is 0.453 e. The van der Waals surface area contributed by atoms with E-state index in [0.29, 0.717) is 31.7 Å². The third-order valence-corrected chi connectivity index (χ3v) is 5.18. The molecular weight excluding hydrogens is 387 g/mol. The van der Waals surface area contributed by atoms with E-state index in [1.807, 2.05) is 13.0 Å². The number of rotatable bonds is 4. The van der Waals surface area contributed by atoms with Gasteiger partial charge in [-0.15, -0.1) is 5.10 Å². The zero-order chi connectivity index (χ0) is 20.6. The number of nitrogens with zero attached hydrogens (tertiary/aromatic N) is 7. The number of fused-ring (bicyclic) bond motifs is 1. The van der Waals surface area contributed by atoms with Crippen molar-refractivity contribution in [2.24, 2.45) is 0 Å². The molecule has 1 aliphatic heterocycles. The Labute approximate surface area is 164 Å². The van der Waals surface area contributed by atoms with Gasteiger partial charge in [-0.25, -0.2) is 9.50 Å². The molecule has 1 atom stereocenters. The molecule has 0 saturated carbocycles. The van der Waals surface area contributed by atoms with Crippen LogP contribution in [0, 0.1) is 6.92 Å². The molecule has 0 aromatic carbocycles. The molecule has 0 bridgehead atoms. The number of carbonyl (C=O) groups is 1. The van der Waals surface area contributed by atoms with Crippen LogP contribution in [0.3, 0.4) is 0 Å². The summed E-state index contributed by atoms with van der Waals surface area (Å²) in [6.07, 6.45) is 0.330. The molecular formula is C18H20F3N7O. The number of carbonyl (C=O) groups excluding carboxylic acids is 1. The molecule has 4 rings (SSSR count). The van der Waals surface area contributed by atoms with E-state index in [1.165, 1.54) is 6.20 Å². The van der Waals surface area contributed by atoms with Crippen molar-refractivity contribution in [2.45, 2.75) is 44.8 Å². The number of piperidine rings is 1. The van der Waals surface area contributed by atoms with Gasteiger partial charge in [-0.3, -0.25) is 9.48 Å². The number of alkyl halides is 3. The van der Waals surface area contributed by atoms with E-state index in [2.05, 4.69) is 20.2 Å². The largest absolute Gasteiger partial charge is 0.453 e. The van der Waals surface area contributed by atoms with E-state index in [0.717, 1.165) is 23.1 Å². The Kier molecular flexibility index (Phi) is 4.97. The van der Waals surface area contributed by atoms with Gasteiger partial charge in [-0.05, 0) is 31.9 Å². The number of hydrogen-bond donors (Lipinski definition) is 0. The number of halogens is 3. The summed E-state index contributed by atoms with van der Waals surface area (Å²) in [4.78, 5) is 21.8. The van der Waals surface area contributed by atoms with Crippen molar-refractivity contribution in [3.63, 3.8) is 0 Å². The smallest absolute Gasteiger partial charge is 0.342 e. The fourth-order valence-electron chi connectivity index (χ4n) is 3.68. The number of hydrogen-bond acceptors (Lipinski definition) is 5. The Balaban J connectivity index is 1.50. The van der Waals surface area contributed by atoms with Crippen LogP contribution in [0.5, 0.6) is 0 Å². The number of amides is 1. The van der Waals surface area contributed by atoms with Crippen molar-refractivity contribution >= 4 is 11.7 Å². The van der Waals surface area contributed by atoms with Gasteiger partial charge in [-0.1, -0.05) is 0 Å². The van der Waals surface area contributed by atoms with Crippen LogP contribution in [0.2, 0.25) is 0 Å². The molecule has 1 amide bonds. The highest BCUT2D eigenvalue weighted by Gasteiger charge is 2.37. The van der Waals surface area contributed by atoms with Gasteiger partial charge in [0.1, 0.15) is 0 Å². The van der Waals surface area contributed by atoms with Gasteiger partial charge in [0.05, 0.1) is 5.69 Å². The van der Waals surface area contributed by atoms with E-state index < -0.39 is 12.0 Å². The lowest BCUT2D eigenvalue weighted by molar-refractivity contribution is -0.144. The van der Waals surface area contributed by atoms with Crippen molar-refractivity contribution in [3.8, 4) is 0 Å². The van der Waals surface area contributed by atoms with Crippen molar-refractivity contribution in [3.05, 3.63) is 41.7 Å². The van der Waals surface area contributed by atoms with E-state index in [-0.39, 0.29) is 17.6 Å². The molecule has 1 saturated heterocycles. The van der Waals surface area contributed by atoms with Crippen LogP contribution in [-0.4, -0.2) is 53.3 Å². The molecule has 0 spiro atoms. The summed E-state index contributed by atoms with van der Waals surface area (Å²) in [7, 11) is 0.